The highest BCUT2D eigenvalue weighted by atomic mass is 35.5. The topological polar surface area (TPSA) is 46.0 Å². The van der Waals surface area contributed by atoms with Crippen LogP contribution in [0, 0.1) is 0 Å². The molecule has 2 heterocycles. The smallest absolute Gasteiger partial charge is 0.174 e. The van der Waals surface area contributed by atoms with Crippen LogP contribution in [0.25, 0.3) is 5.69 Å². The molecule has 6 heteroatoms. The van der Waals surface area contributed by atoms with E-state index >= 15 is 0 Å². The predicted molar refractivity (Wildman–Crippen MR) is 73.6 cm³/mol. The second-order valence-electron chi connectivity index (χ2n) is 3.99. The molecule has 0 bridgehead atoms. The molecule has 0 spiro atoms. The molecule has 2 rings (SSSR count). The Morgan fingerprint density at radius 1 is 1.50 bits per heavy atom. The summed E-state index contributed by atoms with van der Waals surface area (Å²) in [4.78, 5) is 6.14. The minimum atomic E-state index is 0.498. The zero-order valence-corrected chi connectivity index (χ0v) is 11.2. The monoisotopic (exact) mass is 265 g/mol. The Morgan fingerprint density at radius 2 is 2.33 bits per heavy atom. The molecule has 0 amide bonds. The summed E-state index contributed by atoms with van der Waals surface area (Å²) >= 11 is 6.15. The molecule has 1 N–H and O–H groups in total. The number of nitrogens with one attached hydrogen (secondary N) is 1. The average Bonchev–Trinajstić information content (AvgIpc) is 2.79. The maximum Gasteiger partial charge on any atom is 0.174 e. The average molecular weight is 266 g/mol. The van der Waals surface area contributed by atoms with Crippen LogP contribution in [0.1, 0.15) is 0 Å². The number of anilines is 1. The van der Waals surface area contributed by atoms with E-state index in [1.165, 1.54) is 0 Å². The molecular formula is C12H16ClN5. The van der Waals surface area contributed by atoms with Crippen molar-refractivity contribution in [3.63, 3.8) is 0 Å². The lowest BCUT2D eigenvalue weighted by Gasteiger charge is -2.16. The molecule has 0 saturated heterocycles. The predicted octanol–water partition coefficient (Wildman–Crippen LogP) is 1.58. The number of nitrogens with zero attached hydrogens (tertiary/aromatic N) is 4. The van der Waals surface area contributed by atoms with Crippen LogP contribution in [0.4, 0.5) is 5.69 Å². The number of likely N-dealkylation sites (N-methyl/N-ethyl adjacent to an activating group) is 2. The van der Waals surface area contributed by atoms with Crippen molar-refractivity contribution in [3.05, 3.63) is 35.9 Å². The second-order valence-corrected chi connectivity index (χ2v) is 4.34. The minimum Gasteiger partial charge on any atom is -0.370 e. The highest BCUT2D eigenvalue weighted by Gasteiger charge is 2.11. The van der Waals surface area contributed by atoms with Crippen molar-refractivity contribution in [2.45, 2.75) is 0 Å². The van der Waals surface area contributed by atoms with Crippen LogP contribution in [0.2, 0.25) is 5.15 Å². The van der Waals surface area contributed by atoms with Gasteiger partial charge in [-0.25, -0.2) is 4.68 Å². The first-order chi connectivity index (χ1) is 8.72. The van der Waals surface area contributed by atoms with E-state index in [1.807, 2.05) is 32.4 Å². The Bertz CT molecular complexity index is 496. The molecule has 0 aliphatic rings. The summed E-state index contributed by atoms with van der Waals surface area (Å²) in [7, 11) is 3.92. The molecule has 0 aliphatic carbocycles. The lowest BCUT2D eigenvalue weighted by Crippen LogP contribution is -2.26. The SMILES string of the molecule is CNCCN(C)c1cn(-c2cccnc2)nc1Cl. The Labute approximate surface area is 111 Å². The van der Waals surface area contributed by atoms with Crippen LogP contribution in [0.3, 0.4) is 0 Å². The lowest BCUT2D eigenvalue weighted by atomic mass is 10.4. The van der Waals surface area contributed by atoms with Crippen molar-refractivity contribution in [3.8, 4) is 5.69 Å². The van der Waals surface area contributed by atoms with Crippen molar-refractivity contribution >= 4 is 17.3 Å². The third-order valence-corrected chi connectivity index (χ3v) is 2.94. The number of pyridine rings is 1. The first-order valence-electron chi connectivity index (χ1n) is 5.73. The van der Waals surface area contributed by atoms with E-state index in [4.69, 9.17) is 11.6 Å². The number of rotatable bonds is 5. The molecule has 0 aliphatic heterocycles. The van der Waals surface area contributed by atoms with E-state index in [9.17, 15) is 0 Å². The minimum absolute atomic E-state index is 0.498. The van der Waals surface area contributed by atoms with Gasteiger partial charge in [-0.15, -0.1) is 0 Å². The summed E-state index contributed by atoms with van der Waals surface area (Å²) in [5, 5.41) is 7.89. The van der Waals surface area contributed by atoms with Crippen LogP contribution < -0.4 is 10.2 Å². The summed E-state index contributed by atoms with van der Waals surface area (Å²) in [6.45, 7) is 1.76. The zero-order chi connectivity index (χ0) is 13.0. The number of aromatic nitrogens is 3. The molecule has 5 nitrogen and oxygen atoms in total. The fraction of sp³-hybridized carbons (Fsp3) is 0.333. The summed E-state index contributed by atoms with van der Waals surface area (Å²) in [6, 6.07) is 3.81. The Morgan fingerprint density at radius 3 is 3.00 bits per heavy atom. The molecular weight excluding hydrogens is 250 g/mol. The van der Waals surface area contributed by atoms with Gasteiger partial charge in [0.25, 0.3) is 0 Å². The van der Waals surface area contributed by atoms with Gasteiger partial charge in [-0.1, -0.05) is 11.6 Å². The second kappa shape index (κ2) is 5.84. The van der Waals surface area contributed by atoms with E-state index < -0.39 is 0 Å². The number of hydrogen-bond acceptors (Lipinski definition) is 4. The van der Waals surface area contributed by atoms with Crippen molar-refractivity contribution in [1.82, 2.24) is 20.1 Å². The molecule has 2 aromatic rings. The largest absolute Gasteiger partial charge is 0.370 e. The molecule has 0 aromatic carbocycles. The van der Waals surface area contributed by atoms with Gasteiger partial charge in [0, 0.05) is 26.3 Å². The van der Waals surface area contributed by atoms with E-state index in [2.05, 4.69) is 20.3 Å². The zero-order valence-electron chi connectivity index (χ0n) is 10.5. The highest BCUT2D eigenvalue weighted by molar-refractivity contribution is 6.32. The third-order valence-electron chi connectivity index (χ3n) is 2.67. The van der Waals surface area contributed by atoms with E-state index in [0.29, 0.717) is 5.15 Å². The molecule has 0 saturated carbocycles. The van der Waals surface area contributed by atoms with Gasteiger partial charge in [-0.2, -0.15) is 5.10 Å². The summed E-state index contributed by atoms with van der Waals surface area (Å²) in [5.41, 5.74) is 1.81. The first kappa shape index (κ1) is 12.9. The van der Waals surface area contributed by atoms with Crippen LogP contribution in [-0.4, -0.2) is 41.9 Å². The van der Waals surface area contributed by atoms with Crippen LogP contribution in [0.5, 0.6) is 0 Å². The molecule has 2 aromatic heterocycles. The van der Waals surface area contributed by atoms with Gasteiger partial charge in [-0.3, -0.25) is 4.98 Å². The van der Waals surface area contributed by atoms with Crippen molar-refractivity contribution < 1.29 is 0 Å². The van der Waals surface area contributed by atoms with Gasteiger partial charge in [0.2, 0.25) is 0 Å². The summed E-state index contributed by atoms with van der Waals surface area (Å²) in [5.74, 6) is 0. The Hall–Kier alpha value is -1.59. The van der Waals surface area contributed by atoms with Crippen molar-refractivity contribution in [2.75, 3.05) is 32.1 Å². The van der Waals surface area contributed by atoms with Gasteiger partial charge >= 0.3 is 0 Å². The lowest BCUT2D eigenvalue weighted by molar-refractivity contribution is 0.767. The number of hydrogen-bond donors (Lipinski definition) is 1. The maximum absolute atomic E-state index is 6.15. The molecule has 0 fully saturated rings. The van der Waals surface area contributed by atoms with E-state index in [1.54, 1.807) is 17.1 Å². The van der Waals surface area contributed by atoms with E-state index in [-0.39, 0.29) is 0 Å². The van der Waals surface area contributed by atoms with Gasteiger partial charge in [0.05, 0.1) is 23.8 Å². The van der Waals surface area contributed by atoms with E-state index in [0.717, 1.165) is 24.5 Å². The standard InChI is InChI=1S/C12H16ClN5/c1-14-6-7-17(2)11-9-18(16-12(11)13)10-4-3-5-15-8-10/h3-5,8-9,14H,6-7H2,1-2H3. The van der Waals surface area contributed by atoms with Gasteiger partial charge in [0.15, 0.2) is 5.15 Å². The molecule has 0 atom stereocenters. The molecule has 96 valence electrons. The Kier molecular flexibility index (Phi) is 4.17. The molecule has 0 radical (unpaired) electrons. The molecule has 18 heavy (non-hydrogen) atoms. The molecule has 0 unspecified atom stereocenters. The number of halogens is 1. The van der Waals surface area contributed by atoms with Gasteiger partial charge in [0.1, 0.15) is 0 Å². The first-order valence-corrected chi connectivity index (χ1v) is 6.11. The quantitative estimate of drug-likeness (QED) is 0.892. The highest BCUT2D eigenvalue weighted by Crippen LogP contribution is 2.24. The van der Waals surface area contributed by atoms with Crippen LogP contribution in [0.15, 0.2) is 30.7 Å². The fourth-order valence-corrected chi connectivity index (χ4v) is 1.90. The van der Waals surface area contributed by atoms with Crippen molar-refractivity contribution in [2.24, 2.45) is 0 Å². The van der Waals surface area contributed by atoms with Crippen LogP contribution in [-0.2, 0) is 0 Å². The summed E-state index contributed by atoms with van der Waals surface area (Å²) < 4.78 is 1.74. The fourth-order valence-electron chi connectivity index (χ4n) is 1.62. The Balaban J connectivity index is 2.22. The normalized spacial score (nSPS) is 10.6. The van der Waals surface area contributed by atoms with Gasteiger partial charge in [-0.05, 0) is 19.2 Å². The van der Waals surface area contributed by atoms with Crippen LogP contribution >= 0.6 is 11.6 Å². The van der Waals surface area contributed by atoms with Gasteiger partial charge < -0.3 is 10.2 Å². The maximum atomic E-state index is 6.15. The third kappa shape index (κ3) is 2.80. The van der Waals surface area contributed by atoms with Crippen molar-refractivity contribution in [1.29, 1.82) is 0 Å². The summed E-state index contributed by atoms with van der Waals surface area (Å²) in [6.07, 6.45) is 5.39.